The molecule has 0 bridgehead atoms. The average molecular weight is 349 g/mol. The summed E-state index contributed by atoms with van der Waals surface area (Å²) < 4.78 is 15.3. The summed E-state index contributed by atoms with van der Waals surface area (Å²) in [5.41, 5.74) is 8.27. The van der Waals surface area contributed by atoms with Gasteiger partial charge in [0.25, 0.3) is 0 Å². The largest absolute Gasteiger partial charge is 0.383 e. The predicted octanol–water partition coefficient (Wildman–Crippen LogP) is 3.57. The summed E-state index contributed by atoms with van der Waals surface area (Å²) in [6, 6.07) is 3.24. The summed E-state index contributed by atoms with van der Waals surface area (Å²) in [7, 11) is 0. The number of H-pyrrole nitrogens is 1. The van der Waals surface area contributed by atoms with E-state index in [2.05, 4.69) is 31.8 Å². The van der Waals surface area contributed by atoms with Crippen molar-refractivity contribution in [1.82, 2.24) is 19.9 Å². The first-order valence-electron chi connectivity index (χ1n) is 7.88. The van der Waals surface area contributed by atoms with Crippen LogP contribution in [0.4, 0.5) is 10.2 Å². The number of halogens is 1. The van der Waals surface area contributed by atoms with Crippen LogP contribution in [0.2, 0.25) is 0 Å². The van der Waals surface area contributed by atoms with Gasteiger partial charge in [-0.1, -0.05) is 11.8 Å². The van der Waals surface area contributed by atoms with Gasteiger partial charge in [-0.3, -0.25) is 0 Å². The molecule has 0 spiro atoms. The molecule has 1 aromatic carbocycles. The van der Waals surface area contributed by atoms with Gasteiger partial charge < -0.3 is 10.7 Å². The second kappa shape index (κ2) is 5.26. The van der Waals surface area contributed by atoms with Crippen LogP contribution in [0.3, 0.4) is 0 Å². The van der Waals surface area contributed by atoms with Gasteiger partial charge in [0.15, 0.2) is 0 Å². The molecule has 3 N–H and O–H groups in total. The molecule has 4 aromatic rings. The molecule has 5 rings (SSSR count). The molecule has 1 aliphatic rings. The Balaban J connectivity index is 1.59. The third-order valence-electron chi connectivity index (χ3n) is 4.25. The van der Waals surface area contributed by atoms with Gasteiger partial charge in [0.1, 0.15) is 23.6 Å². The van der Waals surface area contributed by atoms with Gasteiger partial charge in [-0.2, -0.15) is 0 Å². The molecule has 3 heterocycles. The van der Waals surface area contributed by atoms with E-state index in [0.29, 0.717) is 33.9 Å². The smallest absolute Gasteiger partial charge is 0.144 e. The maximum absolute atomic E-state index is 14.4. The highest BCUT2D eigenvalue weighted by atomic mass is 32.1. The predicted molar refractivity (Wildman–Crippen MR) is 95.8 cm³/mol. The van der Waals surface area contributed by atoms with E-state index in [1.165, 1.54) is 25.2 Å². The van der Waals surface area contributed by atoms with Gasteiger partial charge in [-0.25, -0.2) is 19.3 Å². The summed E-state index contributed by atoms with van der Waals surface area (Å²) in [5.74, 6) is 6.42. The molecule has 7 heteroatoms. The van der Waals surface area contributed by atoms with Crippen LogP contribution in [0.25, 0.3) is 21.3 Å². The van der Waals surface area contributed by atoms with E-state index >= 15 is 0 Å². The Morgan fingerprint density at radius 2 is 2.04 bits per heavy atom. The Labute approximate surface area is 146 Å². The molecular formula is C18H12FN5S. The van der Waals surface area contributed by atoms with Crippen molar-refractivity contribution in [2.45, 2.75) is 18.8 Å². The number of hydrogen-bond donors (Lipinski definition) is 2. The van der Waals surface area contributed by atoms with Gasteiger partial charge in [-0.05, 0) is 25.0 Å². The lowest BCUT2D eigenvalue weighted by Gasteiger charge is -1.95. The number of nitrogens with two attached hydrogens (primary N) is 1. The van der Waals surface area contributed by atoms with Crippen molar-refractivity contribution in [1.29, 1.82) is 0 Å². The van der Waals surface area contributed by atoms with E-state index in [1.54, 1.807) is 23.6 Å². The van der Waals surface area contributed by atoms with Crippen LogP contribution in [-0.4, -0.2) is 19.9 Å². The number of nitrogen functional groups attached to an aromatic ring is 1. The van der Waals surface area contributed by atoms with Gasteiger partial charge in [0, 0.05) is 12.1 Å². The molecule has 0 saturated heterocycles. The highest BCUT2D eigenvalue weighted by Crippen LogP contribution is 2.43. The van der Waals surface area contributed by atoms with Crippen LogP contribution in [0.1, 0.15) is 34.9 Å². The zero-order valence-electron chi connectivity index (χ0n) is 13.0. The Morgan fingerprint density at radius 1 is 1.20 bits per heavy atom. The van der Waals surface area contributed by atoms with Crippen molar-refractivity contribution in [2.24, 2.45) is 0 Å². The van der Waals surface area contributed by atoms with Crippen LogP contribution < -0.4 is 5.73 Å². The fourth-order valence-electron chi connectivity index (χ4n) is 2.79. The fraction of sp³-hybridized carbons (Fsp3) is 0.167. The molecule has 0 unspecified atom stereocenters. The molecule has 1 fully saturated rings. The normalized spacial score (nSPS) is 14.0. The Bertz CT molecular complexity index is 1190. The van der Waals surface area contributed by atoms with Crippen molar-refractivity contribution >= 4 is 38.4 Å². The molecule has 0 amide bonds. The first kappa shape index (κ1) is 14.4. The maximum atomic E-state index is 14.4. The van der Waals surface area contributed by atoms with E-state index in [-0.39, 0.29) is 5.82 Å². The molecule has 3 aromatic heterocycles. The zero-order valence-corrected chi connectivity index (χ0v) is 13.8. The van der Waals surface area contributed by atoms with Crippen molar-refractivity contribution in [3.8, 4) is 11.8 Å². The van der Waals surface area contributed by atoms with E-state index in [1.807, 2.05) is 0 Å². The minimum atomic E-state index is -0.338. The van der Waals surface area contributed by atoms with Crippen molar-refractivity contribution in [2.75, 3.05) is 5.73 Å². The topological polar surface area (TPSA) is 80.5 Å². The summed E-state index contributed by atoms with van der Waals surface area (Å²) in [6.07, 6.45) is 5.45. The summed E-state index contributed by atoms with van der Waals surface area (Å²) in [4.78, 5) is 15.7. The second-order valence-electron chi connectivity index (χ2n) is 6.06. The van der Waals surface area contributed by atoms with Gasteiger partial charge in [0.2, 0.25) is 0 Å². The number of hydrogen-bond acceptors (Lipinski definition) is 5. The first-order chi connectivity index (χ1) is 12.2. The minimum absolute atomic E-state index is 0.324. The maximum Gasteiger partial charge on any atom is 0.144 e. The Kier molecular flexibility index (Phi) is 3.02. The summed E-state index contributed by atoms with van der Waals surface area (Å²) >= 11 is 1.57. The number of anilines is 1. The third-order valence-corrected chi connectivity index (χ3v) is 5.43. The molecule has 25 heavy (non-hydrogen) atoms. The number of rotatable bonds is 1. The van der Waals surface area contributed by atoms with Crippen LogP contribution in [0.5, 0.6) is 0 Å². The van der Waals surface area contributed by atoms with E-state index < -0.39 is 0 Å². The minimum Gasteiger partial charge on any atom is -0.383 e. The van der Waals surface area contributed by atoms with E-state index in [4.69, 9.17) is 5.73 Å². The molecule has 0 atom stereocenters. The SMILES string of the molecule is Nc1ncnc2[nH]cc(C#Cc3cc4nc(C5CC5)sc4cc3F)c12. The standard InChI is InChI=1S/C18H12FN5S/c19-12-6-14-13(24-18(25-14)9-1-2-9)5-10(12)3-4-11-7-21-17-15(11)16(20)22-8-23-17/h5-9H,1-2H2,(H3,20,21,22,23). The summed E-state index contributed by atoms with van der Waals surface area (Å²) in [5, 5.41) is 1.75. The number of aromatic nitrogens is 4. The van der Waals surface area contributed by atoms with Crippen molar-refractivity contribution < 1.29 is 4.39 Å². The molecule has 1 aliphatic carbocycles. The van der Waals surface area contributed by atoms with Gasteiger partial charge in [-0.15, -0.1) is 11.3 Å². The number of fused-ring (bicyclic) bond motifs is 2. The number of nitrogens with one attached hydrogen (secondary N) is 1. The average Bonchev–Trinajstić information content (AvgIpc) is 3.24. The molecule has 1 saturated carbocycles. The lowest BCUT2D eigenvalue weighted by atomic mass is 10.1. The summed E-state index contributed by atoms with van der Waals surface area (Å²) in [6.45, 7) is 0. The molecular weight excluding hydrogens is 337 g/mol. The quantitative estimate of drug-likeness (QED) is 0.515. The Morgan fingerprint density at radius 3 is 2.88 bits per heavy atom. The molecule has 0 radical (unpaired) electrons. The third kappa shape index (κ3) is 2.42. The lowest BCUT2D eigenvalue weighted by molar-refractivity contribution is 0.626. The highest BCUT2D eigenvalue weighted by Gasteiger charge is 2.27. The first-order valence-corrected chi connectivity index (χ1v) is 8.70. The lowest BCUT2D eigenvalue weighted by Crippen LogP contribution is -1.92. The molecule has 0 aliphatic heterocycles. The van der Waals surface area contributed by atoms with Crippen LogP contribution in [-0.2, 0) is 0 Å². The monoisotopic (exact) mass is 349 g/mol. The second-order valence-corrected chi connectivity index (χ2v) is 7.12. The number of aromatic amines is 1. The number of nitrogens with zero attached hydrogens (tertiary/aromatic N) is 3. The van der Waals surface area contributed by atoms with Gasteiger partial charge >= 0.3 is 0 Å². The van der Waals surface area contributed by atoms with E-state index in [9.17, 15) is 4.39 Å². The van der Waals surface area contributed by atoms with Gasteiger partial charge in [0.05, 0.1) is 31.7 Å². The zero-order chi connectivity index (χ0) is 17.0. The number of thiazole rings is 1. The van der Waals surface area contributed by atoms with Crippen LogP contribution in [0, 0.1) is 17.7 Å². The van der Waals surface area contributed by atoms with E-state index in [0.717, 1.165) is 15.2 Å². The highest BCUT2D eigenvalue weighted by molar-refractivity contribution is 7.18. The van der Waals surface area contributed by atoms with Crippen LogP contribution in [0.15, 0.2) is 24.7 Å². The molecule has 122 valence electrons. The van der Waals surface area contributed by atoms with Crippen molar-refractivity contribution in [3.63, 3.8) is 0 Å². The number of benzene rings is 1. The molecule has 5 nitrogen and oxygen atoms in total. The Hall–Kier alpha value is -2.98. The van der Waals surface area contributed by atoms with Crippen LogP contribution >= 0.6 is 11.3 Å². The van der Waals surface area contributed by atoms with Crippen molar-refractivity contribution in [3.05, 3.63) is 46.6 Å². The fourth-order valence-corrected chi connectivity index (χ4v) is 3.93.